The summed E-state index contributed by atoms with van der Waals surface area (Å²) >= 11 is 11.8. The number of hydrogen-bond donors (Lipinski definition) is 1. The molecule has 0 saturated carbocycles. The van der Waals surface area contributed by atoms with Gasteiger partial charge in [0.2, 0.25) is 0 Å². The zero-order valence-electron chi connectivity index (χ0n) is 11.5. The maximum absolute atomic E-state index is 12.4. The van der Waals surface area contributed by atoms with E-state index in [1.54, 1.807) is 37.5 Å². The van der Waals surface area contributed by atoms with Crippen molar-refractivity contribution in [3.63, 3.8) is 0 Å². The number of rotatable bonds is 6. The molecule has 2 aromatic rings. The quantitative estimate of drug-likeness (QED) is 0.864. The van der Waals surface area contributed by atoms with Gasteiger partial charge in [-0.25, -0.2) is 8.42 Å². The van der Waals surface area contributed by atoms with Crippen LogP contribution >= 0.6 is 23.2 Å². The highest BCUT2D eigenvalue weighted by Crippen LogP contribution is 2.29. The van der Waals surface area contributed by atoms with Crippen LogP contribution in [-0.2, 0) is 16.3 Å². The van der Waals surface area contributed by atoms with E-state index in [0.717, 1.165) is 5.56 Å². The standard InChI is InChI=1S/C14H16Cl2N2O2S/c1-10(12-4-5-13(15)14(16)7-12)21(19,20)6-2-3-11-8-17-18-9-11/h4-5,7-10H,2-3,6H2,1H3,(H,17,18)/t10-/m1/s1. The minimum Gasteiger partial charge on any atom is -0.285 e. The number of nitrogens with one attached hydrogen (secondary N) is 1. The van der Waals surface area contributed by atoms with E-state index < -0.39 is 15.1 Å². The Morgan fingerprint density at radius 1 is 1.29 bits per heavy atom. The molecule has 1 N–H and O–H groups in total. The van der Waals surface area contributed by atoms with E-state index in [0.29, 0.717) is 28.5 Å². The highest BCUT2D eigenvalue weighted by molar-refractivity contribution is 7.91. The van der Waals surface area contributed by atoms with Crippen molar-refractivity contribution in [2.45, 2.75) is 25.0 Å². The Hall–Kier alpha value is -1.04. The Balaban J connectivity index is 2.02. The number of hydrogen-bond acceptors (Lipinski definition) is 3. The van der Waals surface area contributed by atoms with Crippen molar-refractivity contribution in [1.82, 2.24) is 10.2 Å². The van der Waals surface area contributed by atoms with E-state index in [1.807, 2.05) is 0 Å². The molecule has 0 bridgehead atoms. The number of H-pyrrole nitrogens is 1. The normalized spacial score (nSPS) is 13.3. The second kappa shape index (κ2) is 6.81. The number of halogens is 2. The van der Waals surface area contributed by atoms with Gasteiger partial charge in [0, 0.05) is 6.20 Å². The Bertz CT molecular complexity index is 700. The third-order valence-corrected chi connectivity index (χ3v) is 6.35. The Kier molecular flexibility index (Phi) is 5.30. The van der Waals surface area contributed by atoms with Gasteiger partial charge in [-0.05, 0) is 43.0 Å². The second-order valence-electron chi connectivity index (χ2n) is 4.89. The van der Waals surface area contributed by atoms with Crippen LogP contribution < -0.4 is 0 Å². The van der Waals surface area contributed by atoms with E-state index in [9.17, 15) is 8.42 Å². The number of aryl methyl sites for hydroxylation is 1. The lowest BCUT2D eigenvalue weighted by molar-refractivity contribution is 0.583. The van der Waals surface area contributed by atoms with Crippen molar-refractivity contribution in [1.29, 1.82) is 0 Å². The molecule has 0 radical (unpaired) electrons. The van der Waals surface area contributed by atoms with Gasteiger partial charge in [-0.2, -0.15) is 5.10 Å². The van der Waals surface area contributed by atoms with Crippen LogP contribution in [0.2, 0.25) is 10.0 Å². The maximum Gasteiger partial charge on any atom is 0.157 e. The minimum atomic E-state index is -3.23. The van der Waals surface area contributed by atoms with Gasteiger partial charge in [0.25, 0.3) is 0 Å². The number of benzene rings is 1. The molecular formula is C14H16Cl2N2O2S. The minimum absolute atomic E-state index is 0.125. The van der Waals surface area contributed by atoms with Crippen LogP contribution in [0, 0.1) is 0 Å². The lowest BCUT2D eigenvalue weighted by Crippen LogP contribution is -2.15. The van der Waals surface area contributed by atoms with Crippen molar-refractivity contribution in [3.05, 3.63) is 51.8 Å². The zero-order valence-corrected chi connectivity index (χ0v) is 13.8. The molecule has 114 valence electrons. The number of aromatic amines is 1. The van der Waals surface area contributed by atoms with Gasteiger partial charge in [0.15, 0.2) is 9.84 Å². The molecule has 2 rings (SSSR count). The molecular weight excluding hydrogens is 331 g/mol. The Morgan fingerprint density at radius 3 is 2.67 bits per heavy atom. The fraction of sp³-hybridized carbons (Fsp3) is 0.357. The average Bonchev–Trinajstić information content (AvgIpc) is 2.94. The molecule has 1 heterocycles. The van der Waals surface area contributed by atoms with Crippen molar-refractivity contribution >= 4 is 33.0 Å². The Morgan fingerprint density at radius 2 is 2.05 bits per heavy atom. The predicted octanol–water partition coefficient (Wildman–Crippen LogP) is 3.83. The summed E-state index contributed by atoms with van der Waals surface area (Å²) < 4.78 is 24.7. The van der Waals surface area contributed by atoms with E-state index >= 15 is 0 Å². The molecule has 7 heteroatoms. The topological polar surface area (TPSA) is 62.8 Å². The second-order valence-corrected chi connectivity index (χ2v) is 8.15. The summed E-state index contributed by atoms with van der Waals surface area (Å²) in [5, 5.41) is 6.74. The van der Waals surface area contributed by atoms with E-state index in [1.165, 1.54) is 0 Å². The summed E-state index contributed by atoms with van der Waals surface area (Å²) in [4.78, 5) is 0. The monoisotopic (exact) mass is 346 g/mol. The molecule has 1 aromatic carbocycles. The number of sulfone groups is 1. The molecule has 0 amide bonds. The third-order valence-electron chi connectivity index (χ3n) is 3.40. The Labute approximate surface area is 134 Å². The summed E-state index contributed by atoms with van der Waals surface area (Å²) in [5.74, 6) is 0.125. The summed E-state index contributed by atoms with van der Waals surface area (Å²) in [6.45, 7) is 1.67. The molecule has 0 saturated heterocycles. The lowest BCUT2D eigenvalue weighted by atomic mass is 10.2. The molecule has 1 aromatic heterocycles. The zero-order chi connectivity index (χ0) is 15.5. The SMILES string of the molecule is C[C@H](c1ccc(Cl)c(Cl)c1)S(=O)(=O)CCCc1cn[nH]c1. The summed E-state index contributed by atoms with van der Waals surface area (Å²) in [6, 6.07) is 4.94. The lowest BCUT2D eigenvalue weighted by Gasteiger charge is -2.14. The number of aromatic nitrogens is 2. The fourth-order valence-electron chi connectivity index (χ4n) is 2.04. The highest BCUT2D eigenvalue weighted by atomic mass is 35.5. The van der Waals surface area contributed by atoms with Crippen LogP contribution in [0.3, 0.4) is 0 Å². The highest BCUT2D eigenvalue weighted by Gasteiger charge is 2.22. The fourth-order valence-corrected chi connectivity index (χ4v) is 3.81. The average molecular weight is 347 g/mol. The van der Waals surface area contributed by atoms with E-state index in [-0.39, 0.29) is 5.75 Å². The van der Waals surface area contributed by atoms with Crippen LogP contribution in [-0.4, -0.2) is 24.4 Å². The van der Waals surface area contributed by atoms with Gasteiger partial charge in [-0.1, -0.05) is 29.3 Å². The molecule has 21 heavy (non-hydrogen) atoms. The van der Waals surface area contributed by atoms with Gasteiger partial charge in [-0.3, -0.25) is 5.10 Å². The first kappa shape index (κ1) is 16.3. The first-order valence-corrected chi connectivity index (χ1v) is 9.01. The summed E-state index contributed by atoms with van der Waals surface area (Å²) in [5.41, 5.74) is 1.67. The first-order chi connectivity index (χ1) is 9.90. The molecule has 0 aliphatic heterocycles. The molecule has 0 aliphatic carbocycles. The molecule has 0 unspecified atom stereocenters. The van der Waals surface area contributed by atoms with Crippen molar-refractivity contribution in [2.75, 3.05) is 5.75 Å². The van der Waals surface area contributed by atoms with Gasteiger partial charge < -0.3 is 0 Å². The largest absolute Gasteiger partial charge is 0.285 e. The number of nitrogens with zero attached hydrogens (tertiary/aromatic N) is 1. The van der Waals surface area contributed by atoms with E-state index in [2.05, 4.69) is 10.2 Å². The molecule has 0 aliphatic rings. The molecule has 1 atom stereocenters. The van der Waals surface area contributed by atoms with E-state index in [4.69, 9.17) is 23.2 Å². The van der Waals surface area contributed by atoms with Gasteiger partial charge >= 0.3 is 0 Å². The maximum atomic E-state index is 12.4. The van der Waals surface area contributed by atoms with Gasteiger partial charge in [0.05, 0.1) is 27.2 Å². The smallest absolute Gasteiger partial charge is 0.157 e. The first-order valence-electron chi connectivity index (χ1n) is 6.54. The van der Waals surface area contributed by atoms with Crippen LogP contribution in [0.15, 0.2) is 30.6 Å². The molecule has 4 nitrogen and oxygen atoms in total. The van der Waals surface area contributed by atoms with Crippen molar-refractivity contribution in [3.8, 4) is 0 Å². The molecule has 0 fully saturated rings. The molecule has 0 spiro atoms. The van der Waals surface area contributed by atoms with Crippen LogP contribution in [0.4, 0.5) is 0 Å². The van der Waals surface area contributed by atoms with Crippen LogP contribution in [0.1, 0.15) is 29.7 Å². The van der Waals surface area contributed by atoms with Crippen LogP contribution in [0.5, 0.6) is 0 Å². The van der Waals surface area contributed by atoms with Crippen LogP contribution in [0.25, 0.3) is 0 Å². The third kappa shape index (κ3) is 4.22. The summed E-state index contributed by atoms with van der Waals surface area (Å²) in [7, 11) is -3.23. The summed E-state index contributed by atoms with van der Waals surface area (Å²) in [6.07, 6.45) is 4.72. The van der Waals surface area contributed by atoms with Gasteiger partial charge in [0.1, 0.15) is 0 Å². The van der Waals surface area contributed by atoms with Crippen molar-refractivity contribution < 1.29 is 8.42 Å². The van der Waals surface area contributed by atoms with Gasteiger partial charge in [-0.15, -0.1) is 0 Å². The van der Waals surface area contributed by atoms with Crippen molar-refractivity contribution in [2.24, 2.45) is 0 Å². The predicted molar refractivity (Wildman–Crippen MR) is 85.6 cm³/mol.